The molecule has 0 spiro atoms. The van der Waals surface area contributed by atoms with Gasteiger partial charge in [0.25, 0.3) is 0 Å². The number of rotatable bonds is 4. The SMILES string of the molecule is Nc1cc(Cl)ccc1NC(CO)c1ccccc1. The number of nitrogens with two attached hydrogens (primary N) is 1. The number of nitrogen functional groups attached to an aromatic ring is 1. The summed E-state index contributed by atoms with van der Waals surface area (Å²) < 4.78 is 0. The molecule has 4 heteroatoms. The van der Waals surface area contributed by atoms with E-state index in [4.69, 9.17) is 17.3 Å². The molecule has 0 heterocycles. The van der Waals surface area contributed by atoms with Gasteiger partial charge in [-0.25, -0.2) is 0 Å². The Morgan fingerprint density at radius 1 is 1.17 bits per heavy atom. The highest BCUT2D eigenvalue weighted by Crippen LogP contribution is 2.26. The molecule has 0 radical (unpaired) electrons. The summed E-state index contributed by atoms with van der Waals surface area (Å²) in [6.45, 7) is -0.00786. The van der Waals surface area contributed by atoms with E-state index in [2.05, 4.69) is 5.32 Å². The third-order valence-electron chi connectivity index (χ3n) is 2.73. The van der Waals surface area contributed by atoms with Gasteiger partial charge >= 0.3 is 0 Å². The van der Waals surface area contributed by atoms with Crippen molar-refractivity contribution in [1.82, 2.24) is 0 Å². The number of aliphatic hydroxyl groups is 1. The van der Waals surface area contributed by atoms with E-state index < -0.39 is 0 Å². The first kappa shape index (κ1) is 12.7. The van der Waals surface area contributed by atoms with Crippen molar-refractivity contribution in [2.75, 3.05) is 17.7 Å². The average Bonchev–Trinajstić information content (AvgIpc) is 2.39. The summed E-state index contributed by atoms with van der Waals surface area (Å²) in [5.41, 5.74) is 8.22. The maximum Gasteiger partial charge on any atom is 0.0745 e. The van der Waals surface area contributed by atoms with Gasteiger partial charge in [0.1, 0.15) is 0 Å². The topological polar surface area (TPSA) is 58.3 Å². The van der Waals surface area contributed by atoms with Crippen molar-refractivity contribution in [3.05, 3.63) is 59.1 Å². The van der Waals surface area contributed by atoms with Gasteiger partial charge in [0.2, 0.25) is 0 Å². The van der Waals surface area contributed by atoms with E-state index in [0.717, 1.165) is 11.3 Å². The molecule has 0 fully saturated rings. The van der Waals surface area contributed by atoms with Crippen molar-refractivity contribution < 1.29 is 5.11 Å². The second-order valence-electron chi connectivity index (χ2n) is 4.02. The van der Waals surface area contributed by atoms with Crippen LogP contribution >= 0.6 is 11.6 Å². The van der Waals surface area contributed by atoms with Crippen molar-refractivity contribution in [3.8, 4) is 0 Å². The molecule has 18 heavy (non-hydrogen) atoms. The smallest absolute Gasteiger partial charge is 0.0745 e. The van der Waals surface area contributed by atoms with Crippen LogP contribution in [0.25, 0.3) is 0 Å². The molecule has 1 atom stereocenters. The lowest BCUT2D eigenvalue weighted by atomic mass is 10.1. The van der Waals surface area contributed by atoms with E-state index in [9.17, 15) is 5.11 Å². The summed E-state index contributed by atoms with van der Waals surface area (Å²) in [6, 6.07) is 14.8. The zero-order valence-electron chi connectivity index (χ0n) is 9.81. The maximum atomic E-state index is 9.46. The standard InChI is InChI=1S/C14H15ClN2O/c15-11-6-7-13(12(16)8-11)17-14(9-18)10-4-2-1-3-5-10/h1-8,14,17-18H,9,16H2. The van der Waals surface area contributed by atoms with Crippen LogP contribution in [-0.2, 0) is 0 Å². The quantitative estimate of drug-likeness (QED) is 0.742. The lowest BCUT2D eigenvalue weighted by Crippen LogP contribution is -2.15. The van der Waals surface area contributed by atoms with Crippen molar-refractivity contribution >= 4 is 23.0 Å². The highest BCUT2D eigenvalue weighted by atomic mass is 35.5. The summed E-state index contributed by atoms with van der Waals surface area (Å²) in [6.07, 6.45) is 0. The van der Waals surface area contributed by atoms with Crippen LogP contribution in [0, 0.1) is 0 Å². The average molecular weight is 263 g/mol. The van der Waals surface area contributed by atoms with E-state index in [1.807, 2.05) is 36.4 Å². The summed E-state index contributed by atoms with van der Waals surface area (Å²) in [5, 5.41) is 13.3. The van der Waals surface area contributed by atoms with E-state index in [-0.39, 0.29) is 12.6 Å². The molecule has 0 aliphatic rings. The Morgan fingerprint density at radius 3 is 2.50 bits per heavy atom. The summed E-state index contributed by atoms with van der Waals surface area (Å²) in [5.74, 6) is 0. The molecule has 0 bridgehead atoms. The first-order valence-corrected chi connectivity index (χ1v) is 6.06. The Kier molecular flexibility index (Phi) is 4.07. The monoisotopic (exact) mass is 262 g/mol. The fraction of sp³-hybridized carbons (Fsp3) is 0.143. The Labute approximate surface area is 111 Å². The first-order valence-electron chi connectivity index (χ1n) is 5.68. The van der Waals surface area contributed by atoms with Crippen molar-refractivity contribution in [1.29, 1.82) is 0 Å². The largest absolute Gasteiger partial charge is 0.397 e. The Bertz CT molecular complexity index is 516. The summed E-state index contributed by atoms with van der Waals surface area (Å²) in [7, 11) is 0. The van der Waals surface area contributed by atoms with Gasteiger partial charge in [-0.15, -0.1) is 0 Å². The van der Waals surface area contributed by atoms with Gasteiger partial charge in [0, 0.05) is 5.02 Å². The van der Waals surface area contributed by atoms with Gasteiger partial charge in [0.05, 0.1) is 24.0 Å². The normalized spacial score (nSPS) is 12.1. The Morgan fingerprint density at radius 2 is 1.89 bits per heavy atom. The van der Waals surface area contributed by atoms with Gasteiger partial charge in [-0.05, 0) is 23.8 Å². The lowest BCUT2D eigenvalue weighted by Gasteiger charge is -2.19. The van der Waals surface area contributed by atoms with E-state index in [0.29, 0.717) is 10.7 Å². The summed E-state index contributed by atoms with van der Waals surface area (Å²) in [4.78, 5) is 0. The third-order valence-corrected chi connectivity index (χ3v) is 2.96. The second-order valence-corrected chi connectivity index (χ2v) is 4.46. The van der Waals surface area contributed by atoms with E-state index >= 15 is 0 Å². The number of anilines is 2. The molecule has 94 valence electrons. The Hall–Kier alpha value is -1.71. The Balaban J connectivity index is 2.21. The molecule has 3 nitrogen and oxygen atoms in total. The molecule has 2 aromatic carbocycles. The minimum absolute atomic E-state index is 0.00786. The zero-order chi connectivity index (χ0) is 13.0. The molecule has 2 aromatic rings. The van der Waals surface area contributed by atoms with Crippen LogP contribution in [0.2, 0.25) is 5.02 Å². The minimum Gasteiger partial charge on any atom is -0.397 e. The van der Waals surface area contributed by atoms with Crippen LogP contribution in [-0.4, -0.2) is 11.7 Å². The molecule has 0 aliphatic carbocycles. The number of nitrogens with one attached hydrogen (secondary N) is 1. The minimum atomic E-state index is -0.185. The first-order chi connectivity index (χ1) is 8.70. The van der Waals surface area contributed by atoms with Gasteiger partial charge in [0.15, 0.2) is 0 Å². The van der Waals surface area contributed by atoms with Gasteiger partial charge in [-0.3, -0.25) is 0 Å². The van der Waals surface area contributed by atoms with Crippen molar-refractivity contribution in [3.63, 3.8) is 0 Å². The third kappa shape index (κ3) is 2.94. The molecule has 0 saturated heterocycles. The maximum absolute atomic E-state index is 9.46. The van der Waals surface area contributed by atoms with Crippen LogP contribution in [0.3, 0.4) is 0 Å². The van der Waals surface area contributed by atoms with Crippen LogP contribution in [0.15, 0.2) is 48.5 Å². The van der Waals surface area contributed by atoms with Crippen molar-refractivity contribution in [2.45, 2.75) is 6.04 Å². The van der Waals surface area contributed by atoms with E-state index in [1.54, 1.807) is 12.1 Å². The predicted octanol–water partition coefficient (Wildman–Crippen LogP) is 3.07. The lowest BCUT2D eigenvalue weighted by molar-refractivity contribution is 0.276. The highest BCUT2D eigenvalue weighted by molar-refractivity contribution is 6.31. The summed E-state index contributed by atoms with van der Waals surface area (Å²) >= 11 is 5.85. The molecule has 0 saturated carbocycles. The molecule has 0 aromatic heterocycles. The predicted molar refractivity (Wildman–Crippen MR) is 75.8 cm³/mol. The second kappa shape index (κ2) is 5.76. The van der Waals surface area contributed by atoms with Crippen LogP contribution < -0.4 is 11.1 Å². The molecule has 2 rings (SSSR count). The molecule has 1 unspecified atom stereocenters. The molecule has 0 aliphatic heterocycles. The van der Waals surface area contributed by atoms with Gasteiger partial charge in [-0.1, -0.05) is 41.9 Å². The fourth-order valence-electron chi connectivity index (χ4n) is 1.77. The van der Waals surface area contributed by atoms with Gasteiger partial charge in [-0.2, -0.15) is 0 Å². The number of benzene rings is 2. The van der Waals surface area contributed by atoms with Crippen LogP contribution in [0.5, 0.6) is 0 Å². The highest BCUT2D eigenvalue weighted by Gasteiger charge is 2.11. The number of hydrogen-bond acceptors (Lipinski definition) is 3. The molecular formula is C14H15ClN2O. The van der Waals surface area contributed by atoms with Crippen LogP contribution in [0.4, 0.5) is 11.4 Å². The molecule has 0 amide bonds. The fourth-order valence-corrected chi connectivity index (χ4v) is 1.95. The van der Waals surface area contributed by atoms with Crippen molar-refractivity contribution in [2.24, 2.45) is 0 Å². The van der Waals surface area contributed by atoms with Crippen LogP contribution in [0.1, 0.15) is 11.6 Å². The molecule has 4 N–H and O–H groups in total. The number of hydrogen-bond donors (Lipinski definition) is 3. The number of aliphatic hydroxyl groups excluding tert-OH is 1. The molecular weight excluding hydrogens is 248 g/mol. The van der Waals surface area contributed by atoms with E-state index in [1.165, 1.54) is 0 Å². The number of halogens is 1. The van der Waals surface area contributed by atoms with Gasteiger partial charge < -0.3 is 16.2 Å². The zero-order valence-corrected chi connectivity index (χ0v) is 10.6.